The Balaban J connectivity index is 2.31. The Bertz CT molecular complexity index is 714. The van der Waals surface area contributed by atoms with Gasteiger partial charge in [-0.05, 0) is 20.3 Å². The van der Waals surface area contributed by atoms with Crippen molar-refractivity contribution in [2.45, 2.75) is 38.5 Å². The van der Waals surface area contributed by atoms with Crippen LogP contribution in [0.25, 0.3) is 0 Å². The van der Waals surface area contributed by atoms with Gasteiger partial charge in [0.2, 0.25) is 0 Å². The molecule has 2 aromatic heterocycles. The second-order valence-corrected chi connectivity index (χ2v) is 6.38. The maximum Gasteiger partial charge on any atom is 0.266 e. The van der Waals surface area contributed by atoms with E-state index in [0.29, 0.717) is 17.2 Å². The summed E-state index contributed by atoms with van der Waals surface area (Å²) in [6, 6.07) is 1.71. The van der Waals surface area contributed by atoms with E-state index in [1.54, 1.807) is 31.6 Å². The van der Waals surface area contributed by atoms with Gasteiger partial charge in [-0.25, -0.2) is 8.42 Å². The molecule has 0 radical (unpaired) electrons. The van der Waals surface area contributed by atoms with Gasteiger partial charge >= 0.3 is 0 Å². The van der Waals surface area contributed by atoms with Crippen LogP contribution in [0.5, 0.6) is 0 Å². The Hall–Kier alpha value is -1.83. The lowest BCUT2D eigenvalue weighted by Gasteiger charge is -2.05. The number of anilines is 1. The van der Waals surface area contributed by atoms with Crippen LogP contribution in [-0.4, -0.2) is 28.4 Å². The van der Waals surface area contributed by atoms with Crippen molar-refractivity contribution < 1.29 is 8.42 Å². The molecule has 0 fully saturated rings. The Morgan fingerprint density at radius 3 is 2.65 bits per heavy atom. The Morgan fingerprint density at radius 2 is 2.10 bits per heavy atom. The number of hydrogen-bond acceptors (Lipinski definition) is 4. The van der Waals surface area contributed by atoms with Crippen LogP contribution >= 0.6 is 0 Å². The van der Waals surface area contributed by atoms with Crippen molar-refractivity contribution in [3.63, 3.8) is 0 Å². The van der Waals surface area contributed by atoms with E-state index in [2.05, 4.69) is 20.0 Å². The first kappa shape index (κ1) is 14.6. The second kappa shape index (κ2) is 5.28. The number of nitrogens with one attached hydrogen (secondary N) is 2. The van der Waals surface area contributed by atoms with Gasteiger partial charge in [0.05, 0.1) is 11.4 Å². The lowest BCUT2D eigenvalue weighted by Crippen LogP contribution is -2.15. The van der Waals surface area contributed by atoms with Crippen LogP contribution in [0.4, 0.5) is 5.82 Å². The fraction of sp³-hybridized carbons (Fsp3) is 0.500. The molecule has 0 aromatic carbocycles. The fourth-order valence-electron chi connectivity index (χ4n) is 2.14. The second-order valence-electron chi connectivity index (χ2n) is 4.76. The molecule has 2 aromatic rings. The van der Waals surface area contributed by atoms with Crippen LogP contribution < -0.4 is 4.72 Å². The highest BCUT2D eigenvalue weighted by Crippen LogP contribution is 2.21. The molecule has 0 unspecified atom stereocenters. The summed E-state index contributed by atoms with van der Waals surface area (Å²) in [7, 11) is -1.95. The summed E-state index contributed by atoms with van der Waals surface area (Å²) >= 11 is 0. The zero-order valence-electron chi connectivity index (χ0n) is 12.1. The molecule has 0 saturated carbocycles. The van der Waals surface area contributed by atoms with Gasteiger partial charge in [0, 0.05) is 18.8 Å². The lowest BCUT2D eigenvalue weighted by atomic mass is 10.2. The SMILES string of the molecule is CCCc1cc(NS(=O)(=O)c2c(C)nn(C)c2C)n[nH]1. The van der Waals surface area contributed by atoms with Gasteiger partial charge in [-0.1, -0.05) is 13.3 Å². The summed E-state index contributed by atoms with van der Waals surface area (Å²) in [4.78, 5) is 0.208. The van der Waals surface area contributed by atoms with Crippen LogP contribution in [-0.2, 0) is 23.5 Å². The van der Waals surface area contributed by atoms with E-state index in [-0.39, 0.29) is 4.90 Å². The molecule has 0 atom stereocenters. The van der Waals surface area contributed by atoms with Gasteiger partial charge in [-0.3, -0.25) is 14.5 Å². The highest BCUT2D eigenvalue weighted by molar-refractivity contribution is 7.92. The molecule has 0 aliphatic carbocycles. The van der Waals surface area contributed by atoms with Gasteiger partial charge in [-0.2, -0.15) is 10.2 Å². The third-order valence-electron chi connectivity index (χ3n) is 3.10. The molecule has 0 spiro atoms. The molecule has 0 aliphatic rings. The van der Waals surface area contributed by atoms with E-state index in [4.69, 9.17) is 0 Å². The van der Waals surface area contributed by atoms with Crippen molar-refractivity contribution >= 4 is 15.8 Å². The van der Waals surface area contributed by atoms with Gasteiger partial charge < -0.3 is 0 Å². The quantitative estimate of drug-likeness (QED) is 0.875. The monoisotopic (exact) mass is 297 g/mol. The van der Waals surface area contributed by atoms with Crippen LogP contribution in [0.3, 0.4) is 0 Å². The largest absolute Gasteiger partial charge is 0.280 e. The first-order chi connectivity index (χ1) is 9.35. The minimum atomic E-state index is -3.67. The zero-order chi connectivity index (χ0) is 14.9. The molecule has 20 heavy (non-hydrogen) atoms. The van der Waals surface area contributed by atoms with Crippen molar-refractivity contribution in [1.82, 2.24) is 20.0 Å². The Kier molecular flexibility index (Phi) is 3.85. The van der Waals surface area contributed by atoms with E-state index in [1.807, 2.05) is 6.92 Å². The van der Waals surface area contributed by atoms with Crippen molar-refractivity contribution in [3.05, 3.63) is 23.1 Å². The van der Waals surface area contributed by atoms with Gasteiger partial charge in [0.15, 0.2) is 5.82 Å². The first-order valence-electron chi connectivity index (χ1n) is 6.42. The summed E-state index contributed by atoms with van der Waals surface area (Å²) < 4.78 is 28.8. The van der Waals surface area contributed by atoms with Crippen molar-refractivity contribution in [2.24, 2.45) is 7.05 Å². The average molecular weight is 297 g/mol. The predicted octanol–water partition coefficient (Wildman–Crippen LogP) is 1.51. The molecule has 0 saturated heterocycles. The highest BCUT2D eigenvalue weighted by atomic mass is 32.2. The molecule has 2 rings (SSSR count). The Labute approximate surface area is 118 Å². The smallest absolute Gasteiger partial charge is 0.266 e. The minimum Gasteiger partial charge on any atom is -0.280 e. The normalized spacial score (nSPS) is 11.8. The first-order valence-corrected chi connectivity index (χ1v) is 7.90. The Morgan fingerprint density at radius 1 is 1.40 bits per heavy atom. The van der Waals surface area contributed by atoms with E-state index < -0.39 is 10.0 Å². The highest BCUT2D eigenvalue weighted by Gasteiger charge is 2.24. The van der Waals surface area contributed by atoms with E-state index in [1.165, 1.54) is 0 Å². The number of H-pyrrole nitrogens is 1. The molecule has 0 bridgehead atoms. The molecule has 7 nitrogen and oxygen atoms in total. The molecule has 0 amide bonds. The van der Waals surface area contributed by atoms with Crippen LogP contribution in [0.2, 0.25) is 0 Å². The van der Waals surface area contributed by atoms with E-state index in [0.717, 1.165) is 18.5 Å². The number of aromatic amines is 1. The molecule has 2 N–H and O–H groups in total. The minimum absolute atomic E-state index is 0.208. The lowest BCUT2D eigenvalue weighted by molar-refractivity contribution is 0.599. The summed E-state index contributed by atoms with van der Waals surface area (Å²) in [6.45, 7) is 5.45. The van der Waals surface area contributed by atoms with Gasteiger partial charge in [-0.15, -0.1) is 0 Å². The van der Waals surface area contributed by atoms with Gasteiger partial charge in [0.1, 0.15) is 4.90 Å². The van der Waals surface area contributed by atoms with Crippen LogP contribution in [0.1, 0.15) is 30.4 Å². The maximum atomic E-state index is 12.4. The summed E-state index contributed by atoms with van der Waals surface area (Å²) in [6.07, 6.45) is 1.80. The van der Waals surface area contributed by atoms with E-state index >= 15 is 0 Å². The summed E-state index contributed by atoms with van der Waals surface area (Å²) in [5.41, 5.74) is 1.98. The molecule has 2 heterocycles. The number of sulfonamides is 1. The number of rotatable bonds is 5. The van der Waals surface area contributed by atoms with Crippen molar-refractivity contribution in [1.29, 1.82) is 0 Å². The molecular weight excluding hydrogens is 278 g/mol. The number of aryl methyl sites for hydroxylation is 3. The van der Waals surface area contributed by atoms with E-state index in [9.17, 15) is 8.42 Å². The summed E-state index contributed by atoms with van der Waals surface area (Å²) in [5.74, 6) is 0.302. The van der Waals surface area contributed by atoms with Crippen molar-refractivity contribution in [3.8, 4) is 0 Å². The average Bonchev–Trinajstić information content (AvgIpc) is 2.85. The topological polar surface area (TPSA) is 92.7 Å². The number of aromatic nitrogens is 4. The van der Waals surface area contributed by atoms with Gasteiger partial charge in [0.25, 0.3) is 10.0 Å². The molecule has 8 heteroatoms. The number of hydrogen-bond donors (Lipinski definition) is 2. The maximum absolute atomic E-state index is 12.4. The van der Waals surface area contributed by atoms with Crippen LogP contribution in [0, 0.1) is 13.8 Å². The number of nitrogens with zero attached hydrogens (tertiary/aromatic N) is 3. The standard InChI is InChI=1S/C12H19N5O2S/c1-5-6-10-7-11(14-13-10)16-20(18,19)12-8(2)15-17(4)9(12)3/h7H,5-6H2,1-4H3,(H2,13,14,16). The zero-order valence-corrected chi connectivity index (χ0v) is 12.9. The summed E-state index contributed by atoms with van der Waals surface area (Å²) in [5, 5.41) is 10.9. The molecule has 0 aliphatic heterocycles. The fourth-order valence-corrected chi connectivity index (χ4v) is 3.58. The van der Waals surface area contributed by atoms with Crippen molar-refractivity contribution in [2.75, 3.05) is 4.72 Å². The third kappa shape index (κ3) is 2.69. The molecule has 110 valence electrons. The predicted molar refractivity (Wildman–Crippen MR) is 76.1 cm³/mol. The third-order valence-corrected chi connectivity index (χ3v) is 4.71. The molecular formula is C12H19N5O2S. The van der Waals surface area contributed by atoms with Crippen LogP contribution in [0.15, 0.2) is 11.0 Å².